The molecule has 0 atom stereocenters. The zero-order valence-electron chi connectivity index (χ0n) is 13.9. The minimum Gasteiger partial charge on any atom is -0.324 e. The van der Waals surface area contributed by atoms with E-state index in [1.807, 2.05) is 54.6 Å². The maximum absolute atomic E-state index is 12.3. The smallest absolute Gasteiger partial charge is 0.224 e. The molecule has 0 aliphatic heterocycles. The molecule has 2 amide bonds. The second-order valence-corrected chi connectivity index (χ2v) is 6.17. The van der Waals surface area contributed by atoms with Gasteiger partial charge in [0.25, 0.3) is 0 Å². The SMILES string of the molecule is CC(=O)N(c1ccccc1NC(=O)CCc1ccccc1)C1CC1. The van der Waals surface area contributed by atoms with Crippen molar-refractivity contribution in [2.24, 2.45) is 0 Å². The van der Waals surface area contributed by atoms with Crippen LogP contribution in [0, 0.1) is 0 Å². The van der Waals surface area contributed by atoms with Gasteiger partial charge >= 0.3 is 0 Å². The molecule has 0 heterocycles. The summed E-state index contributed by atoms with van der Waals surface area (Å²) in [5.41, 5.74) is 2.64. The van der Waals surface area contributed by atoms with Gasteiger partial charge in [0.1, 0.15) is 0 Å². The third kappa shape index (κ3) is 4.02. The summed E-state index contributed by atoms with van der Waals surface area (Å²) in [4.78, 5) is 26.1. The first-order valence-corrected chi connectivity index (χ1v) is 8.38. The highest BCUT2D eigenvalue weighted by atomic mass is 16.2. The molecule has 124 valence electrons. The predicted octanol–water partition coefficient (Wildman–Crippen LogP) is 3.77. The Morgan fingerprint density at radius 3 is 2.38 bits per heavy atom. The molecule has 4 nitrogen and oxygen atoms in total. The van der Waals surface area contributed by atoms with E-state index in [4.69, 9.17) is 0 Å². The number of nitrogens with one attached hydrogen (secondary N) is 1. The van der Waals surface area contributed by atoms with E-state index in [1.165, 1.54) is 0 Å². The Kier molecular flexibility index (Phi) is 4.94. The molecule has 0 unspecified atom stereocenters. The molecule has 1 N–H and O–H groups in total. The van der Waals surface area contributed by atoms with Gasteiger partial charge in [-0.05, 0) is 37.0 Å². The third-order valence-corrected chi connectivity index (χ3v) is 4.17. The number of para-hydroxylation sites is 2. The molecule has 0 radical (unpaired) electrons. The van der Waals surface area contributed by atoms with Crippen molar-refractivity contribution in [3.63, 3.8) is 0 Å². The summed E-state index contributed by atoms with van der Waals surface area (Å²) < 4.78 is 0. The van der Waals surface area contributed by atoms with Gasteiger partial charge in [-0.15, -0.1) is 0 Å². The molecule has 0 bridgehead atoms. The molecule has 0 saturated heterocycles. The average Bonchev–Trinajstić information content (AvgIpc) is 3.40. The van der Waals surface area contributed by atoms with Gasteiger partial charge in [-0.3, -0.25) is 9.59 Å². The van der Waals surface area contributed by atoms with Crippen LogP contribution in [0.1, 0.15) is 31.7 Å². The number of nitrogens with zero attached hydrogens (tertiary/aromatic N) is 1. The number of hydrogen-bond acceptors (Lipinski definition) is 2. The highest BCUT2D eigenvalue weighted by Gasteiger charge is 2.33. The summed E-state index contributed by atoms with van der Waals surface area (Å²) in [6, 6.07) is 17.7. The molecule has 1 fully saturated rings. The third-order valence-electron chi connectivity index (χ3n) is 4.17. The van der Waals surface area contributed by atoms with E-state index < -0.39 is 0 Å². The standard InChI is InChI=1S/C20H22N2O2/c1-15(23)22(17-12-13-17)19-10-6-5-9-18(19)21-20(24)14-11-16-7-3-2-4-8-16/h2-10,17H,11-14H2,1H3,(H,21,24). The average molecular weight is 322 g/mol. The van der Waals surface area contributed by atoms with Crippen molar-refractivity contribution in [1.29, 1.82) is 0 Å². The molecule has 0 aromatic heterocycles. The number of aryl methyl sites for hydroxylation is 1. The van der Waals surface area contributed by atoms with Crippen LogP contribution in [0.15, 0.2) is 54.6 Å². The Bertz CT molecular complexity index is 723. The van der Waals surface area contributed by atoms with Gasteiger partial charge in [-0.2, -0.15) is 0 Å². The van der Waals surface area contributed by atoms with Crippen molar-refractivity contribution in [3.05, 3.63) is 60.2 Å². The van der Waals surface area contributed by atoms with Crippen LogP contribution in [0.25, 0.3) is 0 Å². The van der Waals surface area contributed by atoms with Crippen LogP contribution in [-0.2, 0) is 16.0 Å². The van der Waals surface area contributed by atoms with Crippen LogP contribution in [0.4, 0.5) is 11.4 Å². The fourth-order valence-electron chi connectivity index (χ4n) is 2.86. The van der Waals surface area contributed by atoms with Gasteiger partial charge in [0.2, 0.25) is 11.8 Å². The lowest BCUT2D eigenvalue weighted by Crippen LogP contribution is -2.31. The first-order valence-electron chi connectivity index (χ1n) is 8.38. The maximum Gasteiger partial charge on any atom is 0.224 e. The lowest BCUT2D eigenvalue weighted by atomic mass is 10.1. The van der Waals surface area contributed by atoms with Gasteiger partial charge < -0.3 is 10.2 Å². The van der Waals surface area contributed by atoms with E-state index in [0.717, 1.165) is 24.1 Å². The lowest BCUT2D eigenvalue weighted by molar-refractivity contribution is -0.117. The van der Waals surface area contributed by atoms with Crippen LogP contribution in [0.3, 0.4) is 0 Å². The predicted molar refractivity (Wildman–Crippen MR) is 96.0 cm³/mol. The van der Waals surface area contributed by atoms with Crippen molar-refractivity contribution in [3.8, 4) is 0 Å². The Labute approximate surface area is 142 Å². The second kappa shape index (κ2) is 7.30. The van der Waals surface area contributed by atoms with Crippen LogP contribution >= 0.6 is 0 Å². The van der Waals surface area contributed by atoms with E-state index in [9.17, 15) is 9.59 Å². The molecule has 4 heteroatoms. The number of benzene rings is 2. The number of hydrogen-bond donors (Lipinski definition) is 1. The second-order valence-electron chi connectivity index (χ2n) is 6.17. The van der Waals surface area contributed by atoms with Crippen LogP contribution < -0.4 is 10.2 Å². The van der Waals surface area contributed by atoms with Gasteiger partial charge in [0.15, 0.2) is 0 Å². The van der Waals surface area contributed by atoms with Gasteiger partial charge in [0.05, 0.1) is 11.4 Å². The Balaban J connectivity index is 1.68. The van der Waals surface area contributed by atoms with Crippen molar-refractivity contribution in [2.75, 3.05) is 10.2 Å². The molecule has 1 saturated carbocycles. The highest BCUT2D eigenvalue weighted by molar-refractivity contribution is 6.00. The fourth-order valence-corrected chi connectivity index (χ4v) is 2.86. The first kappa shape index (κ1) is 16.2. The van der Waals surface area contributed by atoms with E-state index >= 15 is 0 Å². The van der Waals surface area contributed by atoms with Crippen LogP contribution in [-0.4, -0.2) is 17.9 Å². The molecule has 2 aromatic rings. The monoisotopic (exact) mass is 322 g/mol. The first-order chi connectivity index (χ1) is 11.6. The van der Waals surface area contributed by atoms with E-state index in [-0.39, 0.29) is 17.9 Å². The molecular weight excluding hydrogens is 300 g/mol. The molecule has 24 heavy (non-hydrogen) atoms. The Morgan fingerprint density at radius 2 is 1.71 bits per heavy atom. The Morgan fingerprint density at radius 1 is 1.04 bits per heavy atom. The minimum atomic E-state index is -0.0365. The van der Waals surface area contributed by atoms with Crippen molar-refractivity contribution < 1.29 is 9.59 Å². The number of amides is 2. The zero-order valence-corrected chi connectivity index (χ0v) is 13.9. The van der Waals surface area contributed by atoms with E-state index in [0.29, 0.717) is 18.5 Å². The quantitative estimate of drug-likeness (QED) is 0.880. The summed E-state index contributed by atoms with van der Waals surface area (Å²) in [5, 5.41) is 2.97. The van der Waals surface area contributed by atoms with Crippen molar-refractivity contribution in [2.45, 2.75) is 38.6 Å². The molecule has 1 aliphatic carbocycles. The molecule has 2 aromatic carbocycles. The summed E-state index contributed by atoms with van der Waals surface area (Å²) in [5.74, 6) is -0.0194. The van der Waals surface area contributed by atoms with E-state index in [1.54, 1.807) is 11.8 Å². The number of rotatable bonds is 6. The number of carbonyl (C=O) groups is 2. The normalized spacial score (nSPS) is 13.4. The fraction of sp³-hybridized carbons (Fsp3) is 0.300. The maximum atomic E-state index is 12.3. The topological polar surface area (TPSA) is 49.4 Å². The Hall–Kier alpha value is -2.62. The van der Waals surface area contributed by atoms with E-state index in [2.05, 4.69) is 5.32 Å². The van der Waals surface area contributed by atoms with Crippen LogP contribution in [0.5, 0.6) is 0 Å². The van der Waals surface area contributed by atoms with Crippen molar-refractivity contribution in [1.82, 2.24) is 0 Å². The zero-order chi connectivity index (χ0) is 16.9. The molecule has 0 spiro atoms. The number of carbonyl (C=O) groups excluding carboxylic acids is 2. The molecular formula is C20H22N2O2. The molecule has 1 aliphatic rings. The summed E-state index contributed by atoms with van der Waals surface area (Å²) in [6.07, 6.45) is 3.17. The van der Waals surface area contributed by atoms with Crippen LogP contribution in [0.2, 0.25) is 0 Å². The minimum absolute atomic E-state index is 0.0171. The molecule has 3 rings (SSSR count). The highest BCUT2D eigenvalue weighted by Crippen LogP contribution is 2.36. The van der Waals surface area contributed by atoms with Gasteiger partial charge in [0, 0.05) is 19.4 Å². The summed E-state index contributed by atoms with van der Waals surface area (Å²) >= 11 is 0. The van der Waals surface area contributed by atoms with Gasteiger partial charge in [-0.25, -0.2) is 0 Å². The largest absolute Gasteiger partial charge is 0.324 e. The summed E-state index contributed by atoms with van der Waals surface area (Å²) in [6.45, 7) is 1.58. The lowest BCUT2D eigenvalue weighted by Gasteiger charge is -2.23. The number of anilines is 2. The summed E-state index contributed by atoms with van der Waals surface area (Å²) in [7, 11) is 0. The van der Waals surface area contributed by atoms with Gasteiger partial charge in [-0.1, -0.05) is 42.5 Å². The van der Waals surface area contributed by atoms with Crippen molar-refractivity contribution >= 4 is 23.2 Å².